The molecule has 0 aliphatic rings. The molecule has 2 rings (SSSR count). The van der Waals surface area contributed by atoms with Crippen LogP contribution in [-0.4, -0.2) is 20.9 Å². The van der Waals surface area contributed by atoms with Gasteiger partial charge in [-0.15, -0.1) is 0 Å². The number of nitrogens with zero attached hydrogens (tertiary/aromatic N) is 2. The minimum absolute atomic E-state index is 0.199. The van der Waals surface area contributed by atoms with Crippen LogP contribution in [-0.2, 0) is 13.1 Å². The molecule has 2 unspecified atom stereocenters. The van der Waals surface area contributed by atoms with Crippen LogP contribution in [0.2, 0.25) is 0 Å². The van der Waals surface area contributed by atoms with Gasteiger partial charge in [0.25, 0.3) is 0 Å². The van der Waals surface area contributed by atoms with E-state index in [1.165, 1.54) is 0 Å². The third-order valence-corrected chi connectivity index (χ3v) is 3.11. The van der Waals surface area contributed by atoms with Crippen molar-refractivity contribution in [2.75, 3.05) is 0 Å². The number of aromatic nitrogens is 2. The first-order chi connectivity index (χ1) is 9.19. The maximum absolute atomic E-state index is 9.97. The summed E-state index contributed by atoms with van der Waals surface area (Å²) in [6.45, 7) is 5.75. The number of aliphatic hydroxyl groups is 1. The van der Waals surface area contributed by atoms with E-state index in [0.717, 1.165) is 18.7 Å². The number of aliphatic hydroxyl groups excluding tert-OH is 1. The van der Waals surface area contributed by atoms with Crippen molar-refractivity contribution >= 4 is 0 Å². The largest absolute Gasteiger partial charge is 0.467 e. The molecule has 2 heterocycles. The SMILES string of the molecule is CCn1cc(CNC(C)CC(O)c2ccco2)cn1. The predicted molar refractivity (Wildman–Crippen MR) is 72.5 cm³/mol. The van der Waals surface area contributed by atoms with Crippen molar-refractivity contribution in [1.29, 1.82) is 0 Å². The van der Waals surface area contributed by atoms with Gasteiger partial charge >= 0.3 is 0 Å². The van der Waals surface area contributed by atoms with Crippen LogP contribution in [0.4, 0.5) is 0 Å². The van der Waals surface area contributed by atoms with E-state index >= 15 is 0 Å². The zero-order chi connectivity index (χ0) is 13.7. The van der Waals surface area contributed by atoms with Crippen LogP contribution >= 0.6 is 0 Å². The van der Waals surface area contributed by atoms with Gasteiger partial charge in [-0.3, -0.25) is 4.68 Å². The van der Waals surface area contributed by atoms with Crippen molar-refractivity contribution in [1.82, 2.24) is 15.1 Å². The van der Waals surface area contributed by atoms with Gasteiger partial charge in [0.2, 0.25) is 0 Å². The lowest BCUT2D eigenvalue weighted by Gasteiger charge is -2.16. The quantitative estimate of drug-likeness (QED) is 0.803. The second-order valence-corrected chi connectivity index (χ2v) is 4.75. The van der Waals surface area contributed by atoms with Crippen molar-refractivity contribution in [2.24, 2.45) is 0 Å². The molecule has 0 radical (unpaired) electrons. The molecule has 2 aromatic rings. The molecule has 0 aromatic carbocycles. The van der Waals surface area contributed by atoms with E-state index in [2.05, 4.69) is 24.3 Å². The number of rotatable bonds is 7. The van der Waals surface area contributed by atoms with Crippen LogP contribution in [0.15, 0.2) is 35.2 Å². The minimum atomic E-state index is -0.559. The van der Waals surface area contributed by atoms with Crippen molar-refractivity contribution < 1.29 is 9.52 Å². The van der Waals surface area contributed by atoms with Crippen LogP contribution in [0.25, 0.3) is 0 Å². The summed E-state index contributed by atoms with van der Waals surface area (Å²) >= 11 is 0. The highest BCUT2D eigenvalue weighted by molar-refractivity contribution is 5.04. The van der Waals surface area contributed by atoms with Crippen LogP contribution in [0.3, 0.4) is 0 Å². The number of hydrogen-bond acceptors (Lipinski definition) is 4. The summed E-state index contributed by atoms with van der Waals surface area (Å²) in [4.78, 5) is 0. The summed E-state index contributed by atoms with van der Waals surface area (Å²) in [5.41, 5.74) is 1.15. The molecule has 0 amide bonds. The smallest absolute Gasteiger partial charge is 0.132 e. The first-order valence-corrected chi connectivity index (χ1v) is 6.65. The lowest BCUT2D eigenvalue weighted by molar-refractivity contribution is 0.128. The Kier molecular flexibility index (Phi) is 4.76. The highest BCUT2D eigenvalue weighted by Crippen LogP contribution is 2.18. The maximum atomic E-state index is 9.97. The normalized spacial score (nSPS) is 14.5. The summed E-state index contributed by atoms with van der Waals surface area (Å²) in [6, 6.07) is 3.78. The highest BCUT2D eigenvalue weighted by Gasteiger charge is 2.14. The number of hydrogen-bond donors (Lipinski definition) is 2. The summed E-state index contributed by atoms with van der Waals surface area (Å²) < 4.78 is 7.09. The first-order valence-electron chi connectivity index (χ1n) is 6.65. The van der Waals surface area contributed by atoms with Crippen molar-refractivity contribution in [3.63, 3.8) is 0 Å². The average Bonchev–Trinajstić information content (AvgIpc) is 3.07. The molecule has 19 heavy (non-hydrogen) atoms. The van der Waals surface area contributed by atoms with Gasteiger partial charge in [-0.2, -0.15) is 5.10 Å². The van der Waals surface area contributed by atoms with Gasteiger partial charge in [0.05, 0.1) is 12.5 Å². The highest BCUT2D eigenvalue weighted by atomic mass is 16.4. The van der Waals surface area contributed by atoms with Gasteiger partial charge in [-0.25, -0.2) is 0 Å². The first kappa shape index (κ1) is 13.8. The van der Waals surface area contributed by atoms with Crippen molar-refractivity contribution in [3.8, 4) is 0 Å². The van der Waals surface area contributed by atoms with E-state index < -0.39 is 6.10 Å². The van der Waals surface area contributed by atoms with E-state index in [0.29, 0.717) is 12.2 Å². The fourth-order valence-electron chi connectivity index (χ4n) is 1.98. The van der Waals surface area contributed by atoms with Crippen molar-refractivity contribution in [3.05, 3.63) is 42.1 Å². The minimum Gasteiger partial charge on any atom is -0.467 e. The molecular formula is C14H21N3O2. The van der Waals surface area contributed by atoms with Gasteiger partial charge in [-0.05, 0) is 32.4 Å². The topological polar surface area (TPSA) is 63.2 Å². The summed E-state index contributed by atoms with van der Waals surface area (Å²) in [5, 5.41) is 17.6. The van der Waals surface area contributed by atoms with Gasteiger partial charge in [0.15, 0.2) is 0 Å². The Morgan fingerprint density at radius 3 is 3.00 bits per heavy atom. The molecule has 0 saturated heterocycles. The third-order valence-electron chi connectivity index (χ3n) is 3.11. The van der Waals surface area contributed by atoms with E-state index in [-0.39, 0.29) is 6.04 Å². The van der Waals surface area contributed by atoms with Crippen LogP contribution in [0, 0.1) is 0 Å². The van der Waals surface area contributed by atoms with E-state index in [9.17, 15) is 5.11 Å². The van der Waals surface area contributed by atoms with Gasteiger partial charge in [-0.1, -0.05) is 0 Å². The van der Waals surface area contributed by atoms with Crippen LogP contribution in [0.5, 0.6) is 0 Å². The molecule has 104 valence electrons. The maximum Gasteiger partial charge on any atom is 0.132 e. The van der Waals surface area contributed by atoms with E-state index in [4.69, 9.17) is 4.42 Å². The molecular weight excluding hydrogens is 242 g/mol. The third kappa shape index (κ3) is 3.94. The Morgan fingerprint density at radius 1 is 1.53 bits per heavy atom. The van der Waals surface area contributed by atoms with Gasteiger partial charge in [0.1, 0.15) is 11.9 Å². The number of nitrogens with one attached hydrogen (secondary N) is 1. The molecule has 5 nitrogen and oxygen atoms in total. The fourth-order valence-corrected chi connectivity index (χ4v) is 1.98. The lowest BCUT2D eigenvalue weighted by atomic mass is 10.1. The molecule has 0 saturated carbocycles. The molecule has 0 aliphatic heterocycles. The molecule has 5 heteroatoms. The Labute approximate surface area is 113 Å². The monoisotopic (exact) mass is 263 g/mol. The van der Waals surface area contributed by atoms with Gasteiger partial charge in [0, 0.05) is 30.9 Å². The Bertz CT molecular complexity index is 479. The molecule has 0 spiro atoms. The molecule has 2 N–H and O–H groups in total. The van der Waals surface area contributed by atoms with Crippen LogP contribution < -0.4 is 5.32 Å². The van der Waals surface area contributed by atoms with Crippen LogP contribution in [0.1, 0.15) is 37.7 Å². The second-order valence-electron chi connectivity index (χ2n) is 4.75. The predicted octanol–water partition coefficient (Wildman–Crippen LogP) is 2.10. The second kappa shape index (κ2) is 6.54. The Hall–Kier alpha value is -1.59. The standard InChI is InChI=1S/C14H21N3O2/c1-3-17-10-12(9-16-17)8-15-11(2)7-13(18)14-5-4-6-19-14/h4-6,9-11,13,15,18H,3,7-8H2,1-2H3. The molecule has 0 fully saturated rings. The van der Waals surface area contributed by atoms with Gasteiger partial charge < -0.3 is 14.8 Å². The van der Waals surface area contributed by atoms with Crippen molar-refractivity contribution in [2.45, 2.75) is 45.5 Å². The molecule has 2 aromatic heterocycles. The Morgan fingerprint density at radius 2 is 2.37 bits per heavy atom. The fraction of sp³-hybridized carbons (Fsp3) is 0.500. The van der Waals surface area contributed by atoms with E-state index in [1.54, 1.807) is 18.4 Å². The Balaban J connectivity index is 1.76. The number of aryl methyl sites for hydroxylation is 1. The molecule has 0 bridgehead atoms. The molecule has 2 atom stereocenters. The summed E-state index contributed by atoms with van der Waals surface area (Å²) in [7, 11) is 0. The average molecular weight is 263 g/mol. The zero-order valence-corrected chi connectivity index (χ0v) is 11.4. The van der Waals surface area contributed by atoms with E-state index in [1.807, 2.05) is 17.1 Å². The number of furan rings is 1. The summed E-state index contributed by atoms with van der Waals surface area (Å²) in [6.07, 6.45) is 5.54. The summed E-state index contributed by atoms with van der Waals surface area (Å²) in [5.74, 6) is 0.618. The molecule has 0 aliphatic carbocycles. The lowest BCUT2D eigenvalue weighted by Crippen LogP contribution is -2.27. The zero-order valence-electron chi connectivity index (χ0n) is 11.4.